The van der Waals surface area contributed by atoms with E-state index >= 15 is 0 Å². The molecule has 4 aliphatic rings. The summed E-state index contributed by atoms with van der Waals surface area (Å²) in [5, 5.41) is 16.1. The number of azo groups is 1. The molecule has 0 amide bonds. The molecule has 31 heavy (non-hydrogen) atoms. The van der Waals surface area contributed by atoms with Crippen molar-refractivity contribution in [3.8, 4) is 0 Å². The summed E-state index contributed by atoms with van der Waals surface area (Å²) in [6.07, 6.45) is 3.98. The van der Waals surface area contributed by atoms with Gasteiger partial charge in [0, 0.05) is 54.5 Å². The zero-order valence-corrected chi connectivity index (χ0v) is 19.2. The fraction of sp³-hybridized carbons (Fsp3) is 0.619. The molecule has 5 rings (SSSR count). The maximum absolute atomic E-state index is 13.4. The number of carbonyl (C=O) groups excluding carboxylic acids is 1. The number of rotatable bonds is 2. The largest absolute Gasteiger partial charge is 0.342 e. The van der Waals surface area contributed by atoms with Crippen LogP contribution in [-0.4, -0.2) is 47.4 Å². The van der Waals surface area contributed by atoms with Crippen molar-refractivity contribution in [2.24, 2.45) is 28.1 Å². The number of piperidine rings is 1. The van der Waals surface area contributed by atoms with Crippen molar-refractivity contribution in [1.82, 2.24) is 19.4 Å². The quantitative estimate of drug-likeness (QED) is 0.754. The molecule has 0 bridgehead atoms. The molecule has 0 radical (unpaired) electrons. The van der Waals surface area contributed by atoms with Gasteiger partial charge < -0.3 is 5.32 Å². The molecule has 1 spiro atoms. The Balaban J connectivity index is 1.54. The monoisotopic (exact) mass is 444 g/mol. The predicted octanol–water partition coefficient (Wildman–Crippen LogP) is 2.50. The van der Waals surface area contributed by atoms with Crippen LogP contribution in [0.2, 0.25) is 0 Å². The molecular weight excluding hydrogens is 416 g/mol. The van der Waals surface area contributed by atoms with E-state index in [0.29, 0.717) is 32.4 Å². The number of carbonyl (C=O) groups is 1. The van der Waals surface area contributed by atoms with Crippen LogP contribution in [0, 0.1) is 10.8 Å². The van der Waals surface area contributed by atoms with Gasteiger partial charge in [0.25, 0.3) is 10.0 Å². The summed E-state index contributed by atoms with van der Waals surface area (Å²) in [6, 6.07) is 1.24. The van der Waals surface area contributed by atoms with E-state index in [1.807, 2.05) is 6.92 Å². The Morgan fingerprint density at radius 2 is 2.03 bits per heavy atom. The molecular formula is C21H28N6O3S. The topological polar surface area (TPSA) is 109 Å². The number of allylic oxidation sites excluding steroid dienone is 2. The van der Waals surface area contributed by atoms with Gasteiger partial charge in [-0.25, -0.2) is 8.42 Å². The first-order valence-corrected chi connectivity index (χ1v) is 12.1. The molecule has 1 aromatic rings. The Bertz CT molecular complexity index is 1180. The second-order valence-corrected chi connectivity index (χ2v) is 11.8. The van der Waals surface area contributed by atoms with E-state index in [9.17, 15) is 13.2 Å². The van der Waals surface area contributed by atoms with Gasteiger partial charge in [-0.05, 0) is 37.7 Å². The van der Waals surface area contributed by atoms with E-state index in [2.05, 4.69) is 34.5 Å². The van der Waals surface area contributed by atoms with E-state index < -0.39 is 15.4 Å². The van der Waals surface area contributed by atoms with Gasteiger partial charge in [0.2, 0.25) is 0 Å². The number of hydrogen-bond donors (Lipinski definition) is 1. The zero-order valence-electron chi connectivity index (χ0n) is 18.3. The van der Waals surface area contributed by atoms with E-state index in [-0.39, 0.29) is 22.3 Å². The van der Waals surface area contributed by atoms with Gasteiger partial charge >= 0.3 is 0 Å². The number of dihydropyridines is 1. The van der Waals surface area contributed by atoms with Gasteiger partial charge in [0.05, 0.1) is 6.54 Å². The van der Waals surface area contributed by atoms with Crippen LogP contribution in [0.3, 0.4) is 0 Å². The van der Waals surface area contributed by atoms with Crippen LogP contribution in [0.1, 0.15) is 46.5 Å². The number of Topliss-reactive ketones (excluding diaryl/α,β-unsaturated/α-hetero) is 1. The van der Waals surface area contributed by atoms with Crippen molar-refractivity contribution >= 4 is 15.8 Å². The maximum atomic E-state index is 13.4. The number of aromatic nitrogens is 2. The number of aryl methyl sites for hydroxylation is 1. The van der Waals surface area contributed by atoms with Crippen LogP contribution in [0.5, 0.6) is 0 Å². The standard InChI is InChI=1S/C21H28N6O3S/c1-13-9-21(6-8-27(13)31(29,30)17-5-7-26(4)25-17)14-12-22-24-19(14)23-15-10-20(2,3)11-16(28)18(15)21/h5,7,13,23H,6,8-12H2,1-4H3/t13-,21+/m1/s1. The third kappa shape index (κ3) is 3.02. The number of ketones is 1. The second kappa shape index (κ2) is 6.59. The SMILES string of the molecule is C[C@@H]1C[C@@]2(CCN1S(=O)(=O)c1ccn(C)n1)C1=C(N=NC1)NC1=C2C(=O)CC(C)(C)C1. The molecule has 3 aliphatic heterocycles. The molecule has 1 saturated heterocycles. The maximum Gasteiger partial charge on any atom is 0.262 e. The third-order valence-corrected chi connectivity index (χ3v) is 8.95. The fourth-order valence-corrected chi connectivity index (χ4v) is 7.39. The van der Waals surface area contributed by atoms with Gasteiger partial charge in [-0.3, -0.25) is 9.48 Å². The molecule has 1 aliphatic carbocycles. The Morgan fingerprint density at radius 3 is 2.71 bits per heavy atom. The molecule has 1 aromatic heterocycles. The summed E-state index contributed by atoms with van der Waals surface area (Å²) in [5.41, 5.74) is 2.17. The number of hydrogen-bond acceptors (Lipinski definition) is 7. The Hall–Kier alpha value is -2.33. The zero-order chi connectivity index (χ0) is 22.2. The van der Waals surface area contributed by atoms with E-state index in [1.54, 1.807) is 13.2 Å². The average Bonchev–Trinajstić information content (AvgIpc) is 3.29. The van der Waals surface area contributed by atoms with Crippen LogP contribution in [0.25, 0.3) is 0 Å². The van der Waals surface area contributed by atoms with Gasteiger partial charge in [0.15, 0.2) is 16.6 Å². The van der Waals surface area contributed by atoms with Crippen LogP contribution >= 0.6 is 0 Å². The predicted molar refractivity (Wildman–Crippen MR) is 113 cm³/mol. The first kappa shape index (κ1) is 20.6. The molecule has 4 heterocycles. The normalized spacial score (nSPS) is 30.6. The van der Waals surface area contributed by atoms with Crippen LogP contribution < -0.4 is 5.32 Å². The van der Waals surface area contributed by atoms with Crippen molar-refractivity contribution in [3.63, 3.8) is 0 Å². The summed E-state index contributed by atoms with van der Waals surface area (Å²) >= 11 is 0. The molecule has 0 aromatic carbocycles. The van der Waals surface area contributed by atoms with Crippen LogP contribution in [0.15, 0.2) is 50.2 Å². The molecule has 0 unspecified atom stereocenters. The summed E-state index contributed by atoms with van der Waals surface area (Å²) in [7, 11) is -2.01. The molecule has 0 saturated carbocycles. The molecule has 9 nitrogen and oxygen atoms in total. The highest BCUT2D eigenvalue weighted by atomic mass is 32.2. The minimum atomic E-state index is -3.71. The Morgan fingerprint density at radius 1 is 1.26 bits per heavy atom. The minimum Gasteiger partial charge on any atom is -0.342 e. The summed E-state index contributed by atoms with van der Waals surface area (Å²) in [4.78, 5) is 13.4. The first-order chi connectivity index (χ1) is 14.5. The number of nitrogens with zero attached hydrogens (tertiary/aromatic N) is 5. The molecule has 2 atom stereocenters. The molecule has 10 heteroatoms. The third-order valence-electron chi connectivity index (χ3n) is 7.04. The molecule has 166 valence electrons. The lowest BCUT2D eigenvalue weighted by Crippen LogP contribution is -2.53. The highest BCUT2D eigenvalue weighted by Crippen LogP contribution is 2.56. The van der Waals surface area contributed by atoms with Gasteiger partial charge in [-0.15, -0.1) is 5.11 Å². The van der Waals surface area contributed by atoms with Crippen molar-refractivity contribution in [1.29, 1.82) is 0 Å². The van der Waals surface area contributed by atoms with Crippen LogP contribution in [-0.2, 0) is 21.9 Å². The van der Waals surface area contributed by atoms with Crippen LogP contribution in [0.4, 0.5) is 0 Å². The van der Waals surface area contributed by atoms with Crippen molar-refractivity contribution in [2.75, 3.05) is 13.1 Å². The van der Waals surface area contributed by atoms with Crippen molar-refractivity contribution < 1.29 is 13.2 Å². The van der Waals surface area contributed by atoms with Gasteiger partial charge in [-0.1, -0.05) is 13.8 Å². The van der Waals surface area contributed by atoms with Crippen molar-refractivity contribution in [2.45, 2.75) is 57.5 Å². The summed E-state index contributed by atoms with van der Waals surface area (Å²) < 4.78 is 29.5. The molecule has 1 fully saturated rings. The number of fused-ring (bicyclic) bond motifs is 2. The van der Waals surface area contributed by atoms with E-state index in [4.69, 9.17) is 0 Å². The summed E-state index contributed by atoms with van der Waals surface area (Å²) in [6.45, 7) is 6.91. The van der Waals surface area contributed by atoms with Crippen molar-refractivity contribution in [3.05, 3.63) is 34.9 Å². The van der Waals surface area contributed by atoms with E-state index in [1.165, 1.54) is 15.1 Å². The summed E-state index contributed by atoms with van der Waals surface area (Å²) in [5.74, 6) is 0.905. The van der Waals surface area contributed by atoms with E-state index in [0.717, 1.165) is 29.1 Å². The average molecular weight is 445 g/mol. The number of sulfonamides is 1. The fourth-order valence-electron chi connectivity index (χ4n) is 5.81. The number of nitrogens with one attached hydrogen (secondary N) is 1. The Labute approximate surface area is 182 Å². The Kier molecular flexibility index (Phi) is 4.37. The first-order valence-electron chi connectivity index (χ1n) is 10.7. The lowest BCUT2D eigenvalue weighted by molar-refractivity contribution is -0.119. The van der Waals surface area contributed by atoms with Gasteiger partial charge in [0.1, 0.15) is 0 Å². The highest BCUT2D eigenvalue weighted by molar-refractivity contribution is 7.89. The lowest BCUT2D eigenvalue weighted by Gasteiger charge is -2.50. The minimum absolute atomic E-state index is 0.0595. The highest BCUT2D eigenvalue weighted by Gasteiger charge is 2.54. The molecule has 1 N–H and O–H groups in total. The second-order valence-electron chi connectivity index (χ2n) is 9.97. The van der Waals surface area contributed by atoms with Gasteiger partial charge in [-0.2, -0.15) is 14.5 Å². The lowest BCUT2D eigenvalue weighted by atomic mass is 9.59. The smallest absolute Gasteiger partial charge is 0.262 e.